The van der Waals surface area contributed by atoms with Gasteiger partial charge in [-0.2, -0.15) is 0 Å². The highest BCUT2D eigenvalue weighted by molar-refractivity contribution is 7.17. The average molecular weight is 499 g/mol. The summed E-state index contributed by atoms with van der Waals surface area (Å²) in [5.74, 6) is -0.341. The van der Waals surface area contributed by atoms with Gasteiger partial charge in [0.1, 0.15) is 10.0 Å². The first-order valence-electron chi connectivity index (χ1n) is 12.0. The zero-order valence-electron chi connectivity index (χ0n) is 19.4. The summed E-state index contributed by atoms with van der Waals surface area (Å²) in [6.07, 6.45) is 10.2. The molecule has 34 heavy (non-hydrogen) atoms. The van der Waals surface area contributed by atoms with Crippen LogP contribution in [-0.4, -0.2) is 29.7 Å². The minimum Gasteiger partial charge on any atom is -0.462 e. The molecular weight excluding hydrogens is 468 g/mol. The van der Waals surface area contributed by atoms with Crippen LogP contribution in [0.25, 0.3) is 5.00 Å². The third kappa shape index (κ3) is 4.64. The molecule has 0 unspecified atom stereocenters. The number of nitrogens with zero attached hydrogens (tertiary/aromatic N) is 1. The number of amides is 2. The van der Waals surface area contributed by atoms with E-state index in [0.717, 1.165) is 62.2 Å². The van der Waals surface area contributed by atoms with Crippen LogP contribution >= 0.6 is 22.7 Å². The Bertz CT molecular complexity index is 1180. The van der Waals surface area contributed by atoms with Crippen LogP contribution in [0.15, 0.2) is 24.5 Å². The van der Waals surface area contributed by atoms with E-state index in [9.17, 15) is 9.59 Å². The van der Waals surface area contributed by atoms with Gasteiger partial charge in [0, 0.05) is 40.8 Å². The first-order valence-corrected chi connectivity index (χ1v) is 13.6. The van der Waals surface area contributed by atoms with Crippen molar-refractivity contribution in [2.45, 2.75) is 58.5 Å². The van der Waals surface area contributed by atoms with Crippen LogP contribution in [0.3, 0.4) is 0 Å². The summed E-state index contributed by atoms with van der Waals surface area (Å²) in [7, 11) is 0. The van der Waals surface area contributed by atoms with Gasteiger partial charge in [-0.05, 0) is 68.8 Å². The van der Waals surface area contributed by atoms with E-state index in [1.807, 2.05) is 31.5 Å². The molecule has 3 aromatic heterocycles. The third-order valence-electron chi connectivity index (χ3n) is 6.41. The van der Waals surface area contributed by atoms with Gasteiger partial charge in [-0.3, -0.25) is 5.32 Å². The van der Waals surface area contributed by atoms with Gasteiger partial charge in [0.15, 0.2) is 0 Å². The van der Waals surface area contributed by atoms with Crippen molar-refractivity contribution < 1.29 is 14.3 Å². The summed E-state index contributed by atoms with van der Waals surface area (Å²) in [4.78, 5) is 28.3. The van der Waals surface area contributed by atoms with E-state index in [1.54, 1.807) is 11.3 Å². The van der Waals surface area contributed by atoms with Crippen LogP contribution < -0.4 is 16.0 Å². The summed E-state index contributed by atoms with van der Waals surface area (Å²) in [6.45, 7) is 4.37. The van der Waals surface area contributed by atoms with E-state index in [-0.39, 0.29) is 12.0 Å². The molecule has 2 amide bonds. The number of carbonyl (C=O) groups excluding carboxylic acids is 2. The van der Waals surface area contributed by atoms with Gasteiger partial charge >= 0.3 is 12.0 Å². The molecule has 0 bridgehead atoms. The summed E-state index contributed by atoms with van der Waals surface area (Å²) >= 11 is 3.30. The first kappa shape index (κ1) is 23.1. The number of hydrogen-bond donors (Lipinski definition) is 3. The smallest absolute Gasteiger partial charge is 0.341 e. The maximum atomic E-state index is 13.0. The van der Waals surface area contributed by atoms with E-state index < -0.39 is 0 Å². The lowest BCUT2D eigenvalue weighted by Gasteiger charge is -2.15. The number of carbonyl (C=O) groups is 2. The van der Waals surface area contributed by atoms with Gasteiger partial charge < -0.3 is 19.9 Å². The Morgan fingerprint density at radius 3 is 2.71 bits per heavy atom. The standard InChI is InChI=1S/C25H30N4O3S2/c1-2-32-24(30)21-17-8-4-3-5-9-19(17)33-22(21)28-25(31)27-14-18-16-10-11-26-15-20(16)34-23(18)29-12-6-7-13-29/h6-7,12-13,26H,2-5,8-11,14-15H2,1H3,(H2,27,28,31). The number of fused-ring (bicyclic) bond motifs is 2. The van der Waals surface area contributed by atoms with E-state index in [1.165, 1.54) is 32.2 Å². The van der Waals surface area contributed by atoms with Gasteiger partial charge in [0.05, 0.1) is 12.2 Å². The zero-order chi connectivity index (χ0) is 23.5. The number of aryl methyl sites for hydroxylation is 1. The summed E-state index contributed by atoms with van der Waals surface area (Å²) in [5, 5.41) is 11.2. The average Bonchev–Trinajstić information content (AvgIpc) is 3.52. The number of esters is 1. The molecule has 0 saturated carbocycles. The Labute approximate surface area is 207 Å². The Balaban J connectivity index is 1.36. The number of urea groups is 1. The molecule has 9 heteroatoms. The normalized spacial score (nSPS) is 15.2. The molecule has 0 atom stereocenters. The van der Waals surface area contributed by atoms with Crippen LogP contribution in [0.1, 0.15) is 63.0 Å². The van der Waals surface area contributed by atoms with E-state index in [2.05, 4.69) is 20.5 Å². The molecule has 1 aliphatic heterocycles. The molecule has 2 aliphatic rings. The maximum Gasteiger partial charge on any atom is 0.341 e. The highest BCUT2D eigenvalue weighted by Crippen LogP contribution is 2.38. The van der Waals surface area contributed by atoms with Crippen molar-refractivity contribution in [1.82, 2.24) is 15.2 Å². The molecular formula is C25H30N4O3S2. The highest BCUT2D eigenvalue weighted by atomic mass is 32.1. The molecule has 0 radical (unpaired) electrons. The second kappa shape index (κ2) is 10.3. The van der Waals surface area contributed by atoms with Crippen LogP contribution in [0, 0.1) is 0 Å². The molecule has 0 aromatic carbocycles. The van der Waals surface area contributed by atoms with Crippen molar-refractivity contribution in [3.05, 3.63) is 56.5 Å². The van der Waals surface area contributed by atoms with Crippen LogP contribution in [0.5, 0.6) is 0 Å². The fourth-order valence-electron chi connectivity index (χ4n) is 4.81. The molecule has 0 saturated heterocycles. The number of anilines is 1. The molecule has 4 heterocycles. The lowest BCUT2D eigenvalue weighted by Crippen LogP contribution is -2.30. The Hall–Kier alpha value is -2.62. The summed E-state index contributed by atoms with van der Waals surface area (Å²) < 4.78 is 7.46. The summed E-state index contributed by atoms with van der Waals surface area (Å²) in [5.41, 5.74) is 4.11. The molecule has 3 N–H and O–H groups in total. The highest BCUT2D eigenvalue weighted by Gasteiger charge is 2.27. The van der Waals surface area contributed by atoms with Crippen molar-refractivity contribution in [1.29, 1.82) is 0 Å². The molecule has 7 nitrogen and oxygen atoms in total. The van der Waals surface area contributed by atoms with Crippen molar-refractivity contribution in [2.24, 2.45) is 0 Å². The lowest BCUT2D eigenvalue weighted by atomic mass is 10.0. The van der Waals surface area contributed by atoms with Crippen molar-refractivity contribution in [2.75, 3.05) is 18.5 Å². The Morgan fingerprint density at radius 2 is 1.88 bits per heavy atom. The fraction of sp³-hybridized carbons (Fsp3) is 0.440. The molecule has 0 spiro atoms. The quantitative estimate of drug-likeness (QED) is 0.329. The van der Waals surface area contributed by atoms with Gasteiger partial charge in [-0.1, -0.05) is 6.42 Å². The second-order valence-electron chi connectivity index (χ2n) is 8.60. The molecule has 180 valence electrons. The Kier molecular flexibility index (Phi) is 7.03. The van der Waals surface area contributed by atoms with E-state index in [4.69, 9.17) is 4.74 Å². The maximum absolute atomic E-state index is 13.0. The number of nitrogens with one attached hydrogen (secondary N) is 3. The Morgan fingerprint density at radius 1 is 1.06 bits per heavy atom. The van der Waals surface area contributed by atoms with Crippen molar-refractivity contribution in [3.8, 4) is 5.00 Å². The van der Waals surface area contributed by atoms with Crippen molar-refractivity contribution >= 4 is 39.7 Å². The monoisotopic (exact) mass is 498 g/mol. The molecule has 1 aliphatic carbocycles. The zero-order valence-corrected chi connectivity index (χ0v) is 21.0. The topological polar surface area (TPSA) is 84.4 Å². The second-order valence-corrected chi connectivity index (χ2v) is 10.8. The van der Waals surface area contributed by atoms with Gasteiger partial charge in [0.25, 0.3) is 0 Å². The fourth-order valence-corrected chi connectivity index (χ4v) is 7.39. The van der Waals surface area contributed by atoms with E-state index in [0.29, 0.717) is 23.7 Å². The summed E-state index contributed by atoms with van der Waals surface area (Å²) in [6, 6.07) is 3.73. The predicted octanol–water partition coefficient (Wildman–Crippen LogP) is 5.01. The largest absolute Gasteiger partial charge is 0.462 e. The van der Waals surface area contributed by atoms with Crippen LogP contribution in [0.4, 0.5) is 9.80 Å². The van der Waals surface area contributed by atoms with Gasteiger partial charge in [-0.25, -0.2) is 9.59 Å². The number of ether oxygens (including phenoxy) is 1. The molecule has 0 fully saturated rings. The number of rotatable bonds is 6. The van der Waals surface area contributed by atoms with Crippen LogP contribution in [0.2, 0.25) is 0 Å². The SMILES string of the molecule is CCOC(=O)c1c(NC(=O)NCc2c(-n3cccc3)sc3c2CCNC3)sc2c1CCCCC2. The van der Waals surface area contributed by atoms with Gasteiger partial charge in [-0.15, -0.1) is 22.7 Å². The number of thiophene rings is 2. The lowest BCUT2D eigenvalue weighted by molar-refractivity contribution is 0.0527. The third-order valence-corrected chi connectivity index (χ3v) is 8.90. The van der Waals surface area contributed by atoms with Crippen molar-refractivity contribution in [3.63, 3.8) is 0 Å². The number of hydrogen-bond acceptors (Lipinski definition) is 6. The first-order chi connectivity index (χ1) is 16.7. The van der Waals surface area contributed by atoms with E-state index >= 15 is 0 Å². The molecule has 5 rings (SSSR count). The van der Waals surface area contributed by atoms with Crippen LogP contribution in [-0.2, 0) is 37.1 Å². The predicted molar refractivity (Wildman–Crippen MR) is 136 cm³/mol. The minimum absolute atomic E-state index is 0.297. The number of aromatic nitrogens is 1. The molecule has 3 aromatic rings. The van der Waals surface area contributed by atoms with Gasteiger partial charge in [0.2, 0.25) is 0 Å². The minimum atomic E-state index is -0.341.